The Morgan fingerprint density at radius 3 is 2.95 bits per heavy atom. The molecule has 0 unspecified atom stereocenters. The molecule has 0 fully saturated rings. The molecule has 0 spiro atoms. The molecule has 0 amide bonds. The summed E-state index contributed by atoms with van der Waals surface area (Å²) in [7, 11) is 1.46. The lowest BCUT2D eigenvalue weighted by molar-refractivity contribution is 0.215. The van der Waals surface area contributed by atoms with Crippen LogP contribution < -0.4 is 10.5 Å². The summed E-state index contributed by atoms with van der Waals surface area (Å²) in [4.78, 5) is 12.7. The third-order valence-electron chi connectivity index (χ3n) is 3.45. The molecule has 2 N–H and O–H groups in total. The SMILES string of the molecule is CO/N=C\c1c(N)ncnc1Oc1ccc2c(c1)CCC2. The quantitative estimate of drug-likeness (QED) is 0.688. The lowest BCUT2D eigenvalue weighted by Crippen LogP contribution is -2.02. The first-order valence-electron chi connectivity index (χ1n) is 6.74. The van der Waals surface area contributed by atoms with E-state index in [0.717, 1.165) is 18.6 Å². The van der Waals surface area contributed by atoms with Crippen LogP contribution in [0.4, 0.5) is 5.82 Å². The minimum atomic E-state index is 0.293. The summed E-state index contributed by atoms with van der Waals surface area (Å²) in [5.74, 6) is 1.39. The number of aromatic nitrogens is 2. The van der Waals surface area contributed by atoms with Crippen molar-refractivity contribution in [3.05, 3.63) is 41.2 Å². The number of rotatable bonds is 4. The minimum Gasteiger partial charge on any atom is -0.438 e. The van der Waals surface area contributed by atoms with Gasteiger partial charge in [0, 0.05) is 0 Å². The lowest BCUT2D eigenvalue weighted by atomic mass is 10.1. The Labute approximate surface area is 122 Å². The number of hydrogen-bond donors (Lipinski definition) is 1. The van der Waals surface area contributed by atoms with Crippen LogP contribution in [0.5, 0.6) is 11.6 Å². The fourth-order valence-electron chi connectivity index (χ4n) is 2.42. The molecule has 0 radical (unpaired) electrons. The molecule has 0 saturated heterocycles. The number of aryl methyl sites for hydroxylation is 2. The van der Waals surface area contributed by atoms with Crippen molar-refractivity contribution in [3.8, 4) is 11.6 Å². The third kappa shape index (κ3) is 2.79. The Morgan fingerprint density at radius 1 is 1.24 bits per heavy atom. The lowest BCUT2D eigenvalue weighted by Gasteiger charge is -2.09. The summed E-state index contributed by atoms with van der Waals surface area (Å²) >= 11 is 0. The highest BCUT2D eigenvalue weighted by atomic mass is 16.6. The van der Waals surface area contributed by atoms with E-state index in [9.17, 15) is 0 Å². The van der Waals surface area contributed by atoms with Crippen LogP contribution in [0, 0.1) is 0 Å². The van der Waals surface area contributed by atoms with E-state index >= 15 is 0 Å². The van der Waals surface area contributed by atoms with Crippen molar-refractivity contribution >= 4 is 12.0 Å². The zero-order valence-corrected chi connectivity index (χ0v) is 11.7. The average molecular weight is 284 g/mol. The second kappa shape index (κ2) is 5.78. The van der Waals surface area contributed by atoms with Crippen molar-refractivity contribution in [2.24, 2.45) is 5.16 Å². The Kier molecular flexibility index (Phi) is 3.68. The van der Waals surface area contributed by atoms with E-state index in [1.807, 2.05) is 6.07 Å². The van der Waals surface area contributed by atoms with Gasteiger partial charge in [0.1, 0.15) is 30.6 Å². The van der Waals surface area contributed by atoms with Crippen LogP contribution in [-0.2, 0) is 17.7 Å². The molecule has 21 heavy (non-hydrogen) atoms. The van der Waals surface area contributed by atoms with Gasteiger partial charge >= 0.3 is 0 Å². The number of nitrogens with zero attached hydrogens (tertiary/aromatic N) is 3. The van der Waals surface area contributed by atoms with Gasteiger partial charge in [-0.05, 0) is 42.5 Å². The normalized spacial score (nSPS) is 13.4. The van der Waals surface area contributed by atoms with Crippen LogP contribution in [0.1, 0.15) is 23.1 Å². The van der Waals surface area contributed by atoms with E-state index in [4.69, 9.17) is 10.5 Å². The fourth-order valence-corrected chi connectivity index (χ4v) is 2.42. The largest absolute Gasteiger partial charge is 0.438 e. The van der Waals surface area contributed by atoms with Gasteiger partial charge in [-0.1, -0.05) is 11.2 Å². The molecule has 1 aliphatic carbocycles. The van der Waals surface area contributed by atoms with Gasteiger partial charge in [0.05, 0.1) is 6.21 Å². The van der Waals surface area contributed by atoms with Crippen LogP contribution in [-0.4, -0.2) is 23.3 Å². The van der Waals surface area contributed by atoms with Gasteiger partial charge in [0.15, 0.2) is 0 Å². The van der Waals surface area contributed by atoms with Crippen LogP contribution in [0.3, 0.4) is 0 Å². The first-order valence-corrected chi connectivity index (χ1v) is 6.74. The first kappa shape index (κ1) is 13.4. The van der Waals surface area contributed by atoms with Gasteiger partial charge in [0.25, 0.3) is 0 Å². The van der Waals surface area contributed by atoms with Crippen LogP contribution in [0.15, 0.2) is 29.7 Å². The molecule has 1 aromatic carbocycles. The zero-order valence-electron chi connectivity index (χ0n) is 11.7. The molecule has 3 rings (SSSR count). The van der Waals surface area contributed by atoms with Crippen molar-refractivity contribution in [1.29, 1.82) is 0 Å². The molecule has 0 bridgehead atoms. The van der Waals surface area contributed by atoms with Gasteiger partial charge in [-0.2, -0.15) is 0 Å². The molecule has 2 aromatic rings. The Morgan fingerprint density at radius 2 is 2.10 bits per heavy atom. The van der Waals surface area contributed by atoms with Crippen LogP contribution in [0.25, 0.3) is 0 Å². The summed E-state index contributed by atoms with van der Waals surface area (Å²) in [6.45, 7) is 0. The topological polar surface area (TPSA) is 82.6 Å². The van der Waals surface area contributed by atoms with Crippen molar-refractivity contribution in [2.75, 3.05) is 12.8 Å². The number of ether oxygens (including phenoxy) is 1. The number of nitrogen functional groups attached to an aromatic ring is 1. The number of fused-ring (bicyclic) bond motifs is 1. The third-order valence-corrected chi connectivity index (χ3v) is 3.45. The molecule has 6 nitrogen and oxygen atoms in total. The van der Waals surface area contributed by atoms with Gasteiger partial charge < -0.3 is 15.3 Å². The second-order valence-electron chi connectivity index (χ2n) is 4.78. The molecule has 6 heteroatoms. The molecule has 0 aliphatic heterocycles. The van der Waals surface area contributed by atoms with Crippen molar-refractivity contribution < 1.29 is 9.57 Å². The number of benzene rings is 1. The average Bonchev–Trinajstić information content (AvgIpc) is 2.94. The molecule has 0 atom stereocenters. The molecular formula is C15H16N4O2. The zero-order chi connectivity index (χ0) is 14.7. The molecule has 1 heterocycles. The summed E-state index contributed by atoms with van der Waals surface area (Å²) < 4.78 is 5.83. The Balaban J connectivity index is 1.91. The smallest absolute Gasteiger partial charge is 0.233 e. The van der Waals surface area contributed by atoms with Gasteiger partial charge in [0.2, 0.25) is 5.88 Å². The summed E-state index contributed by atoms with van der Waals surface area (Å²) in [5.41, 5.74) is 9.06. The Hall–Kier alpha value is -2.63. The fraction of sp³-hybridized carbons (Fsp3) is 0.267. The minimum absolute atomic E-state index is 0.293. The maximum atomic E-state index is 5.83. The first-order chi connectivity index (χ1) is 10.3. The van der Waals surface area contributed by atoms with Crippen molar-refractivity contribution in [1.82, 2.24) is 9.97 Å². The predicted octanol–water partition coefficient (Wildman–Crippen LogP) is 2.32. The molecular weight excluding hydrogens is 268 g/mol. The number of hydrogen-bond acceptors (Lipinski definition) is 6. The Bertz CT molecular complexity index is 685. The predicted molar refractivity (Wildman–Crippen MR) is 79.6 cm³/mol. The van der Waals surface area contributed by atoms with Crippen LogP contribution in [0.2, 0.25) is 0 Å². The van der Waals surface area contributed by atoms with E-state index in [2.05, 4.69) is 32.1 Å². The van der Waals surface area contributed by atoms with E-state index in [0.29, 0.717) is 17.3 Å². The van der Waals surface area contributed by atoms with E-state index in [1.165, 1.54) is 37.2 Å². The molecule has 1 aromatic heterocycles. The van der Waals surface area contributed by atoms with Crippen LogP contribution >= 0.6 is 0 Å². The summed E-state index contributed by atoms with van der Waals surface area (Å²) in [5, 5.41) is 3.70. The molecule has 1 aliphatic rings. The van der Waals surface area contributed by atoms with E-state index in [-0.39, 0.29) is 0 Å². The highest BCUT2D eigenvalue weighted by Crippen LogP contribution is 2.29. The maximum absolute atomic E-state index is 5.83. The standard InChI is InChI=1S/C15H16N4O2/c1-20-19-8-13-14(16)17-9-18-15(13)21-12-6-5-10-3-2-4-11(10)7-12/h5-9H,2-4H2,1H3,(H2,16,17,18)/b19-8-. The monoisotopic (exact) mass is 284 g/mol. The highest BCUT2D eigenvalue weighted by molar-refractivity contribution is 5.88. The number of nitrogens with two attached hydrogens (primary N) is 1. The maximum Gasteiger partial charge on any atom is 0.233 e. The van der Waals surface area contributed by atoms with E-state index in [1.54, 1.807) is 0 Å². The highest BCUT2D eigenvalue weighted by Gasteiger charge is 2.14. The molecule has 0 saturated carbocycles. The molecule has 108 valence electrons. The number of oxime groups is 1. The number of anilines is 1. The van der Waals surface area contributed by atoms with Gasteiger partial charge in [-0.3, -0.25) is 0 Å². The summed E-state index contributed by atoms with van der Waals surface area (Å²) in [6.07, 6.45) is 6.24. The van der Waals surface area contributed by atoms with Gasteiger partial charge in [-0.25, -0.2) is 9.97 Å². The van der Waals surface area contributed by atoms with Gasteiger partial charge in [-0.15, -0.1) is 0 Å². The van der Waals surface area contributed by atoms with Crippen molar-refractivity contribution in [3.63, 3.8) is 0 Å². The summed E-state index contributed by atoms with van der Waals surface area (Å²) in [6, 6.07) is 6.10. The second-order valence-corrected chi connectivity index (χ2v) is 4.78. The van der Waals surface area contributed by atoms with E-state index < -0.39 is 0 Å². The van der Waals surface area contributed by atoms with Crippen molar-refractivity contribution in [2.45, 2.75) is 19.3 Å².